The summed E-state index contributed by atoms with van der Waals surface area (Å²) in [6.45, 7) is 1.32. The summed E-state index contributed by atoms with van der Waals surface area (Å²) in [6.07, 6.45) is 0. The summed E-state index contributed by atoms with van der Waals surface area (Å²) in [5, 5.41) is 1.08. The number of para-hydroxylation sites is 2. The number of fused-ring (bicyclic) bond motifs is 2. The third-order valence-electron chi connectivity index (χ3n) is 4.36. The Morgan fingerprint density at radius 1 is 1.11 bits per heavy atom. The molecule has 2 heterocycles. The van der Waals surface area contributed by atoms with Crippen molar-refractivity contribution in [2.75, 3.05) is 0 Å². The average molecular weight is 400 g/mol. The molecule has 0 amide bonds. The van der Waals surface area contributed by atoms with Gasteiger partial charge in [0.15, 0.2) is 5.58 Å². The van der Waals surface area contributed by atoms with Crippen molar-refractivity contribution >= 4 is 39.6 Å². The Morgan fingerprint density at radius 2 is 1.89 bits per heavy atom. The predicted molar refractivity (Wildman–Crippen MR) is 103 cm³/mol. The molecule has 0 radical (unpaired) electrons. The second kappa shape index (κ2) is 7.01. The third kappa shape index (κ3) is 3.32. The molecule has 142 valence electrons. The van der Waals surface area contributed by atoms with Crippen LogP contribution in [-0.4, -0.2) is 10.5 Å². The molecule has 8 heteroatoms. The van der Waals surface area contributed by atoms with Crippen LogP contribution in [0.15, 0.2) is 60.9 Å². The van der Waals surface area contributed by atoms with Crippen LogP contribution in [0.3, 0.4) is 0 Å². The monoisotopic (exact) mass is 399 g/mol. The van der Waals surface area contributed by atoms with Crippen molar-refractivity contribution in [2.24, 2.45) is 0 Å². The molecule has 0 aliphatic heterocycles. The molecular formula is C20H14ClNO6. The number of hydrogen-bond donors (Lipinski definition) is 0. The number of rotatable bonds is 4. The Balaban J connectivity index is 1.58. The highest BCUT2D eigenvalue weighted by atomic mass is 35.5. The number of aromatic nitrogens is 1. The number of nitrogens with zero attached hydrogens (tertiary/aromatic N) is 1. The van der Waals surface area contributed by atoms with Crippen LogP contribution in [0, 0.1) is 6.92 Å². The molecule has 0 N–H and O–H groups in total. The highest BCUT2D eigenvalue weighted by Gasteiger charge is 2.15. The summed E-state index contributed by atoms with van der Waals surface area (Å²) in [5.41, 5.74) is 1.91. The number of esters is 1. The number of carbonyl (C=O) groups excluding carboxylic acids is 1. The molecular weight excluding hydrogens is 386 g/mol. The second-order valence-electron chi connectivity index (χ2n) is 6.27. The van der Waals surface area contributed by atoms with Crippen LogP contribution in [0.5, 0.6) is 0 Å². The van der Waals surface area contributed by atoms with E-state index in [4.69, 9.17) is 25.2 Å². The molecule has 4 rings (SSSR count). The fourth-order valence-electron chi connectivity index (χ4n) is 2.96. The highest BCUT2D eigenvalue weighted by Crippen LogP contribution is 2.25. The van der Waals surface area contributed by atoms with Gasteiger partial charge in [0.25, 0.3) is 0 Å². The number of halogens is 1. The lowest BCUT2D eigenvalue weighted by Gasteiger charge is -2.09. The maximum Gasteiger partial charge on any atom is 0.420 e. The van der Waals surface area contributed by atoms with Crippen LogP contribution in [0.2, 0.25) is 5.02 Å². The fourth-order valence-corrected chi connectivity index (χ4v) is 3.13. The van der Waals surface area contributed by atoms with E-state index in [-0.39, 0.29) is 13.2 Å². The molecule has 0 saturated heterocycles. The molecule has 28 heavy (non-hydrogen) atoms. The van der Waals surface area contributed by atoms with Gasteiger partial charge in [-0.3, -0.25) is 9.36 Å². The van der Waals surface area contributed by atoms with E-state index in [1.165, 1.54) is 10.6 Å². The quantitative estimate of drug-likeness (QED) is 0.386. The number of carbonyl (C=O) groups is 1. The molecule has 0 aliphatic rings. The Kier molecular flexibility index (Phi) is 4.52. The number of ether oxygens (including phenoxy) is 1. The molecule has 0 aliphatic carbocycles. The number of benzene rings is 2. The van der Waals surface area contributed by atoms with Crippen LogP contribution in [0.1, 0.15) is 11.1 Å². The van der Waals surface area contributed by atoms with Crippen molar-refractivity contribution in [1.29, 1.82) is 0 Å². The molecule has 0 spiro atoms. The first-order chi connectivity index (χ1) is 13.4. The van der Waals surface area contributed by atoms with E-state index in [2.05, 4.69) is 0 Å². The minimum absolute atomic E-state index is 0.162. The van der Waals surface area contributed by atoms with Crippen molar-refractivity contribution in [1.82, 2.24) is 4.57 Å². The zero-order chi connectivity index (χ0) is 19.8. The Bertz CT molecular complexity index is 1330. The van der Waals surface area contributed by atoms with Crippen LogP contribution in [0.25, 0.3) is 22.1 Å². The number of hydrogen-bond acceptors (Lipinski definition) is 6. The first-order valence-electron chi connectivity index (χ1n) is 8.39. The summed E-state index contributed by atoms with van der Waals surface area (Å²) in [4.78, 5) is 36.0. The Morgan fingerprint density at radius 3 is 2.71 bits per heavy atom. The van der Waals surface area contributed by atoms with Crippen molar-refractivity contribution in [3.05, 3.63) is 79.6 Å². The molecule has 0 atom stereocenters. The van der Waals surface area contributed by atoms with Gasteiger partial charge in [-0.25, -0.2) is 9.59 Å². The third-order valence-corrected chi connectivity index (χ3v) is 4.77. The van der Waals surface area contributed by atoms with Crippen molar-refractivity contribution < 1.29 is 18.4 Å². The standard InChI is InChI=1S/C20H14ClNO6/c1-11-6-17-13(8-14(11)21)12(7-18(23)27-17)10-26-19(24)9-22-15-4-2-3-5-16(15)28-20(22)25/h2-8H,9-10H2,1H3. The minimum atomic E-state index is -0.647. The van der Waals surface area contributed by atoms with Gasteiger partial charge in [-0.2, -0.15) is 0 Å². The fraction of sp³-hybridized carbons (Fsp3) is 0.150. The number of oxazole rings is 1. The summed E-state index contributed by atoms with van der Waals surface area (Å²) < 4.78 is 16.7. The van der Waals surface area contributed by atoms with E-state index in [0.717, 1.165) is 5.56 Å². The van der Waals surface area contributed by atoms with Gasteiger partial charge in [0.05, 0.1) is 5.52 Å². The van der Waals surface area contributed by atoms with Gasteiger partial charge >= 0.3 is 17.4 Å². The summed E-state index contributed by atoms with van der Waals surface area (Å²) in [5.74, 6) is -1.29. The van der Waals surface area contributed by atoms with Crippen molar-refractivity contribution in [3.63, 3.8) is 0 Å². The van der Waals surface area contributed by atoms with E-state index in [1.54, 1.807) is 43.3 Å². The average Bonchev–Trinajstić information content (AvgIpc) is 2.96. The van der Waals surface area contributed by atoms with E-state index < -0.39 is 17.4 Å². The van der Waals surface area contributed by atoms with Crippen molar-refractivity contribution in [3.8, 4) is 0 Å². The summed E-state index contributed by atoms with van der Waals surface area (Å²) in [7, 11) is 0. The van der Waals surface area contributed by atoms with Crippen LogP contribution >= 0.6 is 11.6 Å². The maximum atomic E-state index is 12.3. The van der Waals surface area contributed by atoms with Gasteiger partial charge in [0.2, 0.25) is 0 Å². The summed E-state index contributed by atoms with van der Waals surface area (Å²) >= 11 is 6.15. The first kappa shape index (κ1) is 18.1. The lowest BCUT2D eigenvalue weighted by Crippen LogP contribution is -2.21. The lowest BCUT2D eigenvalue weighted by molar-refractivity contribution is -0.145. The largest absolute Gasteiger partial charge is 0.459 e. The van der Waals surface area contributed by atoms with Crippen LogP contribution < -0.4 is 11.4 Å². The molecule has 2 aromatic carbocycles. The second-order valence-corrected chi connectivity index (χ2v) is 6.68. The Hall–Kier alpha value is -3.32. The smallest absolute Gasteiger partial charge is 0.420 e. The molecule has 7 nitrogen and oxygen atoms in total. The van der Waals surface area contributed by atoms with Crippen LogP contribution in [-0.2, 0) is 22.7 Å². The van der Waals surface area contributed by atoms with E-state index in [9.17, 15) is 14.4 Å². The molecule has 0 bridgehead atoms. The van der Waals surface area contributed by atoms with Crippen molar-refractivity contribution in [2.45, 2.75) is 20.1 Å². The van der Waals surface area contributed by atoms with E-state index >= 15 is 0 Å². The highest BCUT2D eigenvalue weighted by molar-refractivity contribution is 6.32. The van der Waals surface area contributed by atoms with Gasteiger partial charge < -0.3 is 13.6 Å². The van der Waals surface area contributed by atoms with E-state index in [1.807, 2.05) is 0 Å². The molecule has 4 aromatic rings. The van der Waals surface area contributed by atoms with Gasteiger partial charge in [-0.15, -0.1) is 0 Å². The van der Waals surface area contributed by atoms with Gasteiger partial charge in [0, 0.05) is 22.0 Å². The summed E-state index contributed by atoms with van der Waals surface area (Å²) in [6, 6.07) is 11.3. The molecule has 2 aromatic heterocycles. The van der Waals surface area contributed by atoms with Gasteiger partial charge in [-0.1, -0.05) is 23.7 Å². The van der Waals surface area contributed by atoms with Gasteiger partial charge in [0.1, 0.15) is 18.7 Å². The minimum Gasteiger partial charge on any atom is -0.459 e. The first-order valence-corrected chi connectivity index (χ1v) is 8.77. The topological polar surface area (TPSA) is 91.6 Å². The van der Waals surface area contributed by atoms with Crippen LogP contribution in [0.4, 0.5) is 0 Å². The maximum absolute atomic E-state index is 12.3. The Labute approximate surface area is 162 Å². The molecule has 0 unspecified atom stereocenters. The molecule has 0 fully saturated rings. The zero-order valence-electron chi connectivity index (χ0n) is 14.7. The van der Waals surface area contributed by atoms with Gasteiger partial charge in [-0.05, 0) is 36.8 Å². The lowest BCUT2D eigenvalue weighted by atomic mass is 10.1. The normalized spacial score (nSPS) is 11.2. The number of aryl methyl sites for hydroxylation is 1. The van der Waals surface area contributed by atoms with E-state index in [0.29, 0.717) is 32.7 Å². The predicted octanol–water partition coefficient (Wildman–Crippen LogP) is 3.41. The SMILES string of the molecule is Cc1cc2oc(=O)cc(COC(=O)Cn3c(=O)oc4ccccc43)c2cc1Cl. The molecule has 0 saturated carbocycles. The zero-order valence-corrected chi connectivity index (χ0v) is 15.5.